The molecule has 86 valence electrons. The summed E-state index contributed by atoms with van der Waals surface area (Å²) >= 11 is 0.857. The van der Waals surface area contributed by atoms with E-state index >= 15 is 0 Å². The highest BCUT2D eigenvalue weighted by atomic mass is 32.2. The zero-order chi connectivity index (χ0) is 12.4. The number of Topliss-reactive ketones (excluding diaryl/α,β-unsaturated/α-hetero) is 2. The molecule has 0 radical (unpaired) electrons. The number of carbonyl (C=O) groups is 3. The Labute approximate surface area is 103 Å². The second-order valence-corrected chi connectivity index (χ2v) is 4.79. The summed E-state index contributed by atoms with van der Waals surface area (Å²) < 4.78 is 0. The molecule has 1 aromatic carbocycles. The summed E-state index contributed by atoms with van der Waals surface area (Å²) in [6.45, 7) is 1.27. The molecule has 1 atom stereocenters. The van der Waals surface area contributed by atoms with E-state index < -0.39 is 5.92 Å². The highest BCUT2D eigenvalue weighted by molar-refractivity contribution is 8.18. The van der Waals surface area contributed by atoms with Crippen molar-refractivity contribution in [2.45, 2.75) is 6.92 Å². The number of hydrogen-bond acceptors (Lipinski definition) is 4. The van der Waals surface area contributed by atoms with Gasteiger partial charge in [0, 0.05) is 0 Å². The first kappa shape index (κ1) is 11.8. The van der Waals surface area contributed by atoms with E-state index in [-0.39, 0.29) is 16.7 Å². The second-order valence-electron chi connectivity index (χ2n) is 3.75. The predicted molar refractivity (Wildman–Crippen MR) is 66.2 cm³/mol. The van der Waals surface area contributed by atoms with Crippen LogP contribution in [0.25, 0.3) is 6.08 Å². The summed E-state index contributed by atoms with van der Waals surface area (Å²) in [5.41, 5.74) is 0.848. The minimum Gasteiger partial charge on any atom is -0.299 e. The molecule has 3 nitrogen and oxygen atoms in total. The van der Waals surface area contributed by atoms with Crippen molar-refractivity contribution in [2.24, 2.45) is 5.92 Å². The number of rotatable bonds is 2. The standard InChI is InChI=1S/C13H10O3S/c1-8(14)11-12(15)10(17-13(11)16)7-9-5-3-2-4-6-9/h2-7,11H,1H3. The number of benzene rings is 1. The summed E-state index contributed by atoms with van der Waals surface area (Å²) in [5, 5.41) is -0.371. The molecule has 0 saturated carbocycles. The molecule has 1 aromatic rings. The highest BCUT2D eigenvalue weighted by Crippen LogP contribution is 2.35. The fourth-order valence-electron chi connectivity index (χ4n) is 1.62. The van der Waals surface area contributed by atoms with Crippen LogP contribution in [0.2, 0.25) is 0 Å². The Morgan fingerprint density at radius 3 is 2.41 bits per heavy atom. The van der Waals surface area contributed by atoms with Crippen LogP contribution in [-0.4, -0.2) is 16.7 Å². The topological polar surface area (TPSA) is 51.2 Å². The molecule has 0 bridgehead atoms. The van der Waals surface area contributed by atoms with Gasteiger partial charge in [-0.1, -0.05) is 30.3 Å². The van der Waals surface area contributed by atoms with E-state index in [4.69, 9.17) is 0 Å². The fraction of sp³-hybridized carbons (Fsp3) is 0.154. The van der Waals surface area contributed by atoms with Gasteiger partial charge in [-0.15, -0.1) is 0 Å². The van der Waals surface area contributed by atoms with Crippen LogP contribution in [0.1, 0.15) is 12.5 Å². The maximum atomic E-state index is 11.8. The fourth-order valence-corrected chi connectivity index (χ4v) is 2.64. The predicted octanol–water partition coefficient (Wildman–Crippen LogP) is 2.08. The van der Waals surface area contributed by atoms with E-state index in [1.165, 1.54) is 6.92 Å². The maximum Gasteiger partial charge on any atom is 0.212 e. The first-order chi connectivity index (χ1) is 8.09. The van der Waals surface area contributed by atoms with Gasteiger partial charge in [0.1, 0.15) is 5.78 Å². The average molecular weight is 246 g/mol. The average Bonchev–Trinajstić information content (AvgIpc) is 2.55. The van der Waals surface area contributed by atoms with Crippen molar-refractivity contribution >= 4 is 34.5 Å². The summed E-state index contributed by atoms with van der Waals surface area (Å²) in [7, 11) is 0. The van der Waals surface area contributed by atoms with Gasteiger partial charge in [0.25, 0.3) is 0 Å². The summed E-state index contributed by atoms with van der Waals surface area (Å²) in [5.74, 6) is -1.87. The largest absolute Gasteiger partial charge is 0.299 e. The lowest BCUT2D eigenvalue weighted by Crippen LogP contribution is -2.22. The van der Waals surface area contributed by atoms with Gasteiger partial charge in [0.2, 0.25) is 5.12 Å². The minimum atomic E-state index is -1.10. The van der Waals surface area contributed by atoms with E-state index in [1.807, 2.05) is 30.3 Å². The van der Waals surface area contributed by atoms with Gasteiger partial charge in [-0.3, -0.25) is 14.4 Å². The zero-order valence-electron chi connectivity index (χ0n) is 9.17. The summed E-state index contributed by atoms with van der Waals surface area (Å²) in [6, 6.07) is 9.25. The van der Waals surface area contributed by atoms with Crippen molar-refractivity contribution in [1.82, 2.24) is 0 Å². The first-order valence-electron chi connectivity index (χ1n) is 5.12. The smallest absolute Gasteiger partial charge is 0.212 e. The van der Waals surface area contributed by atoms with Crippen molar-refractivity contribution in [2.75, 3.05) is 0 Å². The van der Waals surface area contributed by atoms with E-state index in [0.717, 1.165) is 17.3 Å². The minimum absolute atomic E-state index is 0.349. The molecule has 1 aliphatic rings. The Balaban J connectivity index is 2.31. The maximum absolute atomic E-state index is 11.8. The molecule has 2 rings (SSSR count). The van der Waals surface area contributed by atoms with E-state index in [1.54, 1.807) is 6.08 Å². The van der Waals surface area contributed by atoms with Crippen molar-refractivity contribution in [1.29, 1.82) is 0 Å². The molecule has 4 heteroatoms. The third-order valence-electron chi connectivity index (χ3n) is 2.46. The molecule has 1 saturated heterocycles. The van der Waals surface area contributed by atoms with Crippen molar-refractivity contribution in [3.63, 3.8) is 0 Å². The highest BCUT2D eigenvalue weighted by Gasteiger charge is 2.41. The molecule has 1 unspecified atom stereocenters. The third-order valence-corrected chi connectivity index (χ3v) is 3.43. The summed E-state index contributed by atoms with van der Waals surface area (Å²) in [4.78, 5) is 34.9. The Bertz CT molecular complexity index is 517. The Morgan fingerprint density at radius 2 is 1.88 bits per heavy atom. The van der Waals surface area contributed by atoms with Crippen LogP contribution in [0.5, 0.6) is 0 Å². The van der Waals surface area contributed by atoms with Crippen LogP contribution in [0, 0.1) is 5.92 Å². The first-order valence-corrected chi connectivity index (χ1v) is 5.94. The SMILES string of the molecule is CC(=O)C1C(=O)SC(=Cc2ccccc2)C1=O. The lowest BCUT2D eigenvalue weighted by molar-refractivity contribution is -0.133. The van der Waals surface area contributed by atoms with Gasteiger partial charge in [0.15, 0.2) is 11.7 Å². The van der Waals surface area contributed by atoms with Crippen molar-refractivity contribution < 1.29 is 14.4 Å². The van der Waals surface area contributed by atoms with Crippen molar-refractivity contribution in [3.8, 4) is 0 Å². The van der Waals surface area contributed by atoms with Crippen LogP contribution in [0.15, 0.2) is 35.2 Å². The molecule has 0 N–H and O–H groups in total. The number of allylic oxidation sites excluding steroid dienone is 1. The Hall–Kier alpha value is -1.68. The van der Waals surface area contributed by atoms with Crippen LogP contribution in [0.3, 0.4) is 0 Å². The van der Waals surface area contributed by atoms with Gasteiger partial charge in [0.05, 0.1) is 4.91 Å². The van der Waals surface area contributed by atoms with Crippen LogP contribution >= 0.6 is 11.8 Å². The van der Waals surface area contributed by atoms with Crippen LogP contribution < -0.4 is 0 Å². The molecule has 0 aliphatic carbocycles. The second kappa shape index (κ2) is 4.67. The lowest BCUT2D eigenvalue weighted by atomic mass is 10.0. The zero-order valence-corrected chi connectivity index (χ0v) is 9.99. The number of ketones is 2. The lowest BCUT2D eigenvalue weighted by Gasteiger charge is -1.97. The Kier molecular flexibility index (Phi) is 3.24. The molecule has 0 spiro atoms. The number of thioether (sulfide) groups is 1. The quantitative estimate of drug-likeness (QED) is 0.592. The van der Waals surface area contributed by atoms with Crippen LogP contribution in [0.4, 0.5) is 0 Å². The van der Waals surface area contributed by atoms with Crippen LogP contribution in [-0.2, 0) is 14.4 Å². The third kappa shape index (κ3) is 2.36. The van der Waals surface area contributed by atoms with E-state index in [0.29, 0.717) is 4.91 Å². The van der Waals surface area contributed by atoms with E-state index in [9.17, 15) is 14.4 Å². The molecule has 17 heavy (non-hydrogen) atoms. The molecule has 1 aliphatic heterocycles. The summed E-state index contributed by atoms with van der Waals surface area (Å²) in [6.07, 6.45) is 1.65. The molecular formula is C13H10O3S. The van der Waals surface area contributed by atoms with Gasteiger partial charge in [-0.05, 0) is 30.3 Å². The molecule has 1 heterocycles. The van der Waals surface area contributed by atoms with Gasteiger partial charge >= 0.3 is 0 Å². The number of hydrogen-bond donors (Lipinski definition) is 0. The van der Waals surface area contributed by atoms with Gasteiger partial charge in [-0.25, -0.2) is 0 Å². The normalized spacial score (nSPS) is 22.2. The van der Waals surface area contributed by atoms with Gasteiger partial charge < -0.3 is 0 Å². The molecular weight excluding hydrogens is 236 g/mol. The molecule has 0 aromatic heterocycles. The van der Waals surface area contributed by atoms with Gasteiger partial charge in [-0.2, -0.15) is 0 Å². The molecule has 0 amide bonds. The van der Waals surface area contributed by atoms with Crippen molar-refractivity contribution in [3.05, 3.63) is 40.8 Å². The number of carbonyl (C=O) groups excluding carboxylic acids is 3. The Morgan fingerprint density at radius 1 is 1.24 bits per heavy atom. The van der Waals surface area contributed by atoms with E-state index in [2.05, 4.69) is 0 Å². The molecule has 1 fully saturated rings. The monoisotopic (exact) mass is 246 g/mol.